The summed E-state index contributed by atoms with van der Waals surface area (Å²) < 4.78 is 10.0. The van der Waals surface area contributed by atoms with Gasteiger partial charge in [-0.15, -0.1) is 24.0 Å². The molecule has 0 aromatic carbocycles. The minimum absolute atomic E-state index is 0. The summed E-state index contributed by atoms with van der Waals surface area (Å²) in [7, 11) is 1.73. The van der Waals surface area contributed by atoms with Crippen molar-refractivity contribution in [3.05, 3.63) is 0 Å². The first-order chi connectivity index (χ1) is 12.9. The van der Waals surface area contributed by atoms with E-state index in [0.29, 0.717) is 51.9 Å². The predicted molar refractivity (Wildman–Crippen MR) is 120 cm³/mol. The summed E-state index contributed by atoms with van der Waals surface area (Å²) in [5.74, 6) is 1.20. The number of piperazine rings is 1. The van der Waals surface area contributed by atoms with Gasteiger partial charge in [0.05, 0.1) is 13.2 Å². The molecule has 2 N–H and O–H groups in total. The number of nitrogens with one attached hydrogen (secondary N) is 2. The molecule has 28 heavy (non-hydrogen) atoms. The number of hydrogen-bond donors (Lipinski definition) is 2. The summed E-state index contributed by atoms with van der Waals surface area (Å²) >= 11 is 0. The highest BCUT2D eigenvalue weighted by atomic mass is 127. The van der Waals surface area contributed by atoms with Crippen LogP contribution in [0.5, 0.6) is 0 Å². The average Bonchev–Trinajstić information content (AvgIpc) is 2.62. The van der Waals surface area contributed by atoms with Crippen LogP contribution in [0.4, 0.5) is 9.59 Å². The van der Waals surface area contributed by atoms with E-state index in [-0.39, 0.29) is 36.1 Å². The summed E-state index contributed by atoms with van der Waals surface area (Å²) in [4.78, 5) is 31.7. The van der Waals surface area contributed by atoms with Gasteiger partial charge in [0.25, 0.3) is 0 Å². The number of carbonyl (C=O) groups is 2. The molecule has 164 valence electrons. The van der Waals surface area contributed by atoms with E-state index in [1.165, 1.54) is 0 Å². The van der Waals surface area contributed by atoms with E-state index in [0.717, 1.165) is 12.4 Å². The number of amides is 2. The van der Waals surface area contributed by atoms with Crippen LogP contribution in [0.1, 0.15) is 34.1 Å². The van der Waals surface area contributed by atoms with Crippen molar-refractivity contribution < 1.29 is 19.1 Å². The third kappa shape index (κ3) is 9.65. The molecular weight excluding hydrogens is 477 g/mol. The van der Waals surface area contributed by atoms with Gasteiger partial charge in [0.2, 0.25) is 0 Å². The number of nitrogens with zero attached hydrogens (tertiary/aromatic N) is 3. The van der Waals surface area contributed by atoms with Crippen LogP contribution in [0.25, 0.3) is 0 Å². The van der Waals surface area contributed by atoms with Crippen LogP contribution in [-0.4, -0.2) is 87.0 Å². The van der Waals surface area contributed by atoms with Gasteiger partial charge in [0.15, 0.2) is 5.96 Å². The van der Waals surface area contributed by atoms with Crippen molar-refractivity contribution in [1.29, 1.82) is 0 Å². The first kappa shape index (κ1) is 26.5. The normalized spacial score (nSPS) is 15.6. The largest absolute Gasteiger partial charge is 0.450 e. The molecule has 0 radical (unpaired) electrons. The molecule has 0 bridgehead atoms. The Bertz CT molecular complexity index is 496. The van der Waals surface area contributed by atoms with Crippen molar-refractivity contribution in [1.82, 2.24) is 20.4 Å². The van der Waals surface area contributed by atoms with Crippen LogP contribution in [0.15, 0.2) is 4.99 Å². The topological polar surface area (TPSA) is 95.5 Å². The van der Waals surface area contributed by atoms with Crippen LogP contribution >= 0.6 is 24.0 Å². The maximum Gasteiger partial charge on any atom is 0.409 e. The SMILES string of the molecule is CCOC(=O)NC(CNC(=NC)N1CCN(C(=O)OCC)CC1)CC(C)C.I. The Balaban J connectivity index is 0.00000729. The number of rotatable bonds is 7. The zero-order valence-electron chi connectivity index (χ0n) is 17.7. The van der Waals surface area contributed by atoms with Crippen LogP contribution in [0.3, 0.4) is 0 Å². The highest BCUT2D eigenvalue weighted by molar-refractivity contribution is 14.0. The molecular formula is C18H36IN5O4. The molecule has 1 fully saturated rings. The molecule has 1 rings (SSSR count). The van der Waals surface area contributed by atoms with Crippen molar-refractivity contribution >= 4 is 42.1 Å². The lowest BCUT2D eigenvalue weighted by Gasteiger charge is -2.36. The fourth-order valence-corrected chi connectivity index (χ4v) is 2.96. The fourth-order valence-electron chi connectivity index (χ4n) is 2.96. The summed E-state index contributed by atoms with van der Waals surface area (Å²) in [6.07, 6.45) is 0.165. The van der Waals surface area contributed by atoms with E-state index in [2.05, 4.69) is 34.4 Å². The Kier molecular flexibility index (Phi) is 13.8. The molecule has 1 atom stereocenters. The molecule has 9 nitrogen and oxygen atoms in total. The molecule has 1 saturated heterocycles. The molecule has 1 aliphatic rings. The van der Waals surface area contributed by atoms with Gasteiger partial charge in [-0.05, 0) is 26.2 Å². The molecule has 0 aromatic rings. The molecule has 0 aromatic heterocycles. The third-order valence-corrected chi connectivity index (χ3v) is 4.18. The summed E-state index contributed by atoms with van der Waals surface area (Å²) in [6.45, 7) is 11.6. The van der Waals surface area contributed by atoms with Gasteiger partial charge in [-0.2, -0.15) is 0 Å². The van der Waals surface area contributed by atoms with E-state index in [1.54, 1.807) is 25.8 Å². The van der Waals surface area contributed by atoms with Gasteiger partial charge < -0.3 is 29.9 Å². The van der Waals surface area contributed by atoms with Crippen LogP contribution in [0, 0.1) is 5.92 Å². The monoisotopic (exact) mass is 513 g/mol. The molecule has 0 aliphatic carbocycles. The molecule has 10 heteroatoms. The number of alkyl carbamates (subject to hydrolysis) is 1. The highest BCUT2D eigenvalue weighted by Crippen LogP contribution is 2.07. The van der Waals surface area contributed by atoms with E-state index >= 15 is 0 Å². The second kappa shape index (κ2) is 14.5. The zero-order chi connectivity index (χ0) is 20.2. The quantitative estimate of drug-likeness (QED) is 0.308. The summed E-state index contributed by atoms with van der Waals surface area (Å²) in [5.41, 5.74) is 0. The fraction of sp³-hybridized carbons (Fsp3) is 0.833. The minimum atomic E-state index is -0.400. The first-order valence-corrected chi connectivity index (χ1v) is 9.71. The molecule has 0 saturated carbocycles. The van der Waals surface area contributed by atoms with Crippen molar-refractivity contribution in [3.8, 4) is 0 Å². The van der Waals surface area contributed by atoms with E-state index in [1.807, 2.05) is 0 Å². The lowest BCUT2D eigenvalue weighted by molar-refractivity contribution is 0.0914. The Morgan fingerprint density at radius 3 is 2.11 bits per heavy atom. The number of hydrogen-bond acceptors (Lipinski definition) is 5. The number of ether oxygens (including phenoxy) is 2. The first-order valence-electron chi connectivity index (χ1n) is 9.71. The van der Waals surface area contributed by atoms with Gasteiger partial charge in [-0.3, -0.25) is 4.99 Å². The zero-order valence-corrected chi connectivity index (χ0v) is 20.0. The lowest BCUT2D eigenvalue weighted by atomic mass is 10.0. The second-order valence-electron chi connectivity index (χ2n) is 6.79. The van der Waals surface area contributed by atoms with Crippen molar-refractivity contribution in [2.75, 3.05) is 53.0 Å². The summed E-state index contributed by atoms with van der Waals surface area (Å²) in [6, 6.07) is -0.0541. The van der Waals surface area contributed by atoms with Gasteiger partial charge in [0.1, 0.15) is 0 Å². The lowest BCUT2D eigenvalue weighted by Crippen LogP contribution is -2.55. The maximum absolute atomic E-state index is 11.8. The Morgan fingerprint density at radius 1 is 1.04 bits per heavy atom. The van der Waals surface area contributed by atoms with Crippen molar-refractivity contribution in [2.45, 2.75) is 40.2 Å². The molecule has 1 aliphatic heterocycles. The molecule has 1 unspecified atom stereocenters. The van der Waals surface area contributed by atoms with E-state index in [9.17, 15) is 9.59 Å². The molecule has 2 amide bonds. The predicted octanol–water partition coefficient (Wildman–Crippen LogP) is 2.11. The number of halogens is 1. The molecule has 1 heterocycles. The Morgan fingerprint density at radius 2 is 1.61 bits per heavy atom. The second-order valence-corrected chi connectivity index (χ2v) is 6.79. The van der Waals surface area contributed by atoms with Gasteiger partial charge >= 0.3 is 12.2 Å². The maximum atomic E-state index is 11.8. The Hall–Kier alpha value is -1.46. The highest BCUT2D eigenvalue weighted by Gasteiger charge is 2.24. The van der Waals surface area contributed by atoms with Crippen LogP contribution in [0.2, 0.25) is 0 Å². The number of aliphatic imine (C=N–C) groups is 1. The van der Waals surface area contributed by atoms with E-state index < -0.39 is 6.09 Å². The number of carbonyl (C=O) groups excluding carboxylic acids is 2. The smallest absolute Gasteiger partial charge is 0.409 e. The third-order valence-electron chi connectivity index (χ3n) is 4.18. The van der Waals surface area contributed by atoms with Gasteiger partial charge in [-0.1, -0.05) is 13.8 Å². The number of guanidine groups is 1. The minimum Gasteiger partial charge on any atom is -0.450 e. The van der Waals surface area contributed by atoms with Crippen LogP contribution < -0.4 is 10.6 Å². The van der Waals surface area contributed by atoms with Crippen LogP contribution in [-0.2, 0) is 9.47 Å². The van der Waals surface area contributed by atoms with Gasteiger partial charge in [0, 0.05) is 45.8 Å². The molecule has 0 spiro atoms. The van der Waals surface area contributed by atoms with Crippen molar-refractivity contribution in [3.63, 3.8) is 0 Å². The van der Waals surface area contributed by atoms with E-state index in [4.69, 9.17) is 9.47 Å². The standard InChI is InChI=1S/C18H35N5O4.HI/c1-6-26-17(24)21-15(12-14(3)4)13-20-16(19-5)22-8-10-23(11-9-22)18(25)27-7-2;/h14-15H,6-13H2,1-5H3,(H,19,20)(H,21,24);1H. The van der Waals surface area contributed by atoms with Gasteiger partial charge in [-0.25, -0.2) is 9.59 Å². The summed E-state index contributed by atoms with van der Waals surface area (Å²) in [5, 5.41) is 6.23. The Labute approximate surface area is 185 Å². The average molecular weight is 513 g/mol. The van der Waals surface area contributed by atoms with Crippen molar-refractivity contribution in [2.24, 2.45) is 10.9 Å².